The van der Waals surface area contributed by atoms with E-state index in [1.54, 1.807) is 38.3 Å². The van der Waals surface area contributed by atoms with Crippen LogP contribution in [-0.2, 0) is 14.3 Å². The van der Waals surface area contributed by atoms with E-state index >= 15 is 0 Å². The third-order valence-corrected chi connectivity index (χ3v) is 2.93. The number of ketones is 1. The molecule has 112 valence electrons. The van der Waals surface area contributed by atoms with E-state index in [4.69, 9.17) is 9.47 Å². The molecule has 0 aliphatic heterocycles. The van der Waals surface area contributed by atoms with Gasteiger partial charge in [-0.05, 0) is 36.8 Å². The van der Waals surface area contributed by atoms with Crippen molar-refractivity contribution in [3.63, 3.8) is 0 Å². The molecule has 0 radical (unpaired) electrons. The van der Waals surface area contributed by atoms with Crippen molar-refractivity contribution in [2.24, 2.45) is 0 Å². The molecule has 0 aliphatic rings. The summed E-state index contributed by atoms with van der Waals surface area (Å²) in [5.74, 6) is 0.0221. The lowest BCUT2D eigenvalue weighted by Gasteiger charge is -2.10. The Labute approximate surface area is 129 Å². The molecule has 0 amide bonds. The van der Waals surface area contributed by atoms with Gasteiger partial charge < -0.3 is 9.47 Å². The van der Waals surface area contributed by atoms with Gasteiger partial charge in [-0.25, -0.2) is 4.79 Å². The van der Waals surface area contributed by atoms with Gasteiger partial charge in [0.2, 0.25) is 0 Å². The molecule has 0 aromatic heterocycles. The summed E-state index contributed by atoms with van der Waals surface area (Å²) in [4.78, 5) is 23.3. The van der Waals surface area contributed by atoms with E-state index in [0.29, 0.717) is 0 Å². The number of hydrogen-bond donors (Lipinski definition) is 1. The lowest BCUT2D eigenvalue weighted by molar-refractivity contribution is -0.147. The molecule has 0 spiro atoms. The topological polar surface area (TPSA) is 52.6 Å². The molecule has 0 heterocycles. The highest BCUT2D eigenvalue weighted by Gasteiger charge is 2.17. The van der Waals surface area contributed by atoms with Crippen LogP contribution in [0.5, 0.6) is 5.75 Å². The van der Waals surface area contributed by atoms with Crippen LogP contribution in [0.3, 0.4) is 0 Å². The summed E-state index contributed by atoms with van der Waals surface area (Å²) in [6, 6.07) is 7.20. The van der Waals surface area contributed by atoms with E-state index in [1.807, 2.05) is 12.1 Å². The lowest BCUT2D eigenvalue weighted by Crippen LogP contribution is -2.26. The van der Waals surface area contributed by atoms with E-state index in [9.17, 15) is 9.59 Å². The van der Waals surface area contributed by atoms with Crippen LogP contribution in [0.4, 0.5) is 0 Å². The molecule has 0 saturated carbocycles. The first kappa shape index (κ1) is 17.0. The highest BCUT2D eigenvalue weighted by molar-refractivity contribution is 7.80. The molecule has 0 bridgehead atoms. The minimum atomic E-state index is -0.863. The molecule has 0 saturated heterocycles. The van der Waals surface area contributed by atoms with E-state index < -0.39 is 12.1 Å². The van der Waals surface area contributed by atoms with Crippen molar-refractivity contribution < 1.29 is 19.1 Å². The Morgan fingerprint density at radius 3 is 2.43 bits per heavy atom. The quantitative estimate of drug-likeness (QED) is 0.478. The SMILES string of the molecule is C/C=C/C(=O)C(CS)OC(=O)C=Cc1ccc(OC)cc1. The van der Waals surface area contributed by atoms with Gasteiger partial charge in [0.05, 0.1) is 7.11 Å². The molecule has 1 aromatic rings. The fourth-order valence-corrected chi connectivity index (χ4v) is 1.77. The second-order valence-electron chi connectivity index (χ2n) is 4.12. The number of methoxy groups -OCH3 is 1. The van der Waals surface area contributed by atoms with E-state index in [1.165, 1.54) is 12.2 Å². The third kappa shape index (κ3) is 5.87. The van der Waals surface area contributed by atoms with Crippen LogP contribution >= 0.6 is 12.6 Å². The summed E-state index contributed by atoms with van der Waals surface area (Å²) in [6.45, 7) is 1.72. The number of ether oxygens (including phenoxy) is 2. The van der Waals surface area contributed by atoms with Crippen LogP contribution in [0.15, 0.2) is 42.5 Å². The molecule has 1 rings (SSSR count). The predicted molar refractivity (Wildman–Crippen MR) is 85.6 cm³/mol. The fraction of sp³-hybridized carbons (Fsp3) is 0.250. The van der Waals surface area contributed by atoms with Crippen LogP contribution < -0.4 is 4.74 Å². The summed E-state index contributed by atoms with van der Waals surface area (Å²) in [6.07, 6.45) is 4.98. The Balaban J connectivity index is 2.62. The Hall–Kier alpha value is -2.01. The standard InChI is InChI=1S/C16H18O4S/c1-3-4-14(17)15(11-21)20-16(18)10-7-12-5-8-13(19-2)9-6-12/h3-10,15,21H,11H2,1-2H3/b4-3+,10-7?. The molecule has 0 N–H and O–H groups in total. The summed E-state index contributed by atoms with van der Waals surface area (Å²) < 4.78 is 10.1. The van der Waals surface area contributed by atoms with Gasteiger partial charge in [0.1, 0.15) is 5.75 Å². The maximum absolute atomic E-state index is 11.7. The summed E-state index contributed by atoms with van der Waals surface area (Å²) in [5.41, 5.74) is 0.829. The van der Waals surface area contributed by atoms with Crippen molar-refractivity contribution in [3.05, 3.63) is 48.1 Å². The third-order valence-electron chi connectivity index (χ3n) is 2.60. The molecule has 1 aromatic carbocycles. The molecule has 0 fully saturated rings. The monoisotopic (exact) mass is 306 g/mol. The summed E-state index contributed by atoms with van der Waals surface area (Å²) >= 11 is 4.01. The number of carbonyl (C=O) groups excluding carboxylic acids is 2. The second kappa shape index (κ2) is 9.02. The number of rotatable bonds is 7. The van der Waals surface area contributed by atoms with Crippen molar-refractivity contribution >= 4 is 30.5 Å². The van der Waals surface area contributed by atoms with Crippen molar-refractivity contribution in [3.8, 4) is 5.75 Å². The van der Waals surface area contributed by atoms with Gasteiger partial charge in [0, 0.05) is 11.8 Å². The van der Waals surface area contributed by atoms with Gasteiger partial charge in [-0.1, -0.05) is 18.2 Å². The largest absolute Gasteiger partial charge is 0.497 e. The van der Waals surface area contributed by atoms with E-state index in [0.717, 1.165) is 11.3 Å². The van der Waals surface area contributed by atoms with Gasteiger partial charge in [-0.3, -0.25) is 4.79 Å². The van der Waals surface area contributed by atoms with Crippen molar-refractivity contribution in [1.29, 1.82) is 0 Å². The zero-order valence-electron chi connectivity index (χ0n) is 12.0. The maximum atomic E-state index is 11.7. The molecule has 4 nitrogen and oxygen atoms in total. The lowest BCUT2D eigenvalue weighted by atomic mass is 10.2. The smallest absolute Gasteiger partial charge is 0.331 e. The first-order chi connectivity index (χ1) is 10.1. The zero-order chi connectivity index (χ0) is 15.7. The average molecular weight is 306 g/mol. The highest BCUT2D eigenvalue weighted by Crippen LogP contribution is 2.12. The zero-order valence-corrected chi connectivity index (χ0v) is 12.9. The van der Waals surface area contributed by atoms with Crippen molar-refractivity contribution in [1.82, 2.24) is 0 Å². The number of allylic oxidation sites excluding steroid dienone is 1. The Bertz CT molecular complexity index is 532. The second-order valence-corrected chi connectivity index (χ2v) is 4.48. The summed E-state index contributed by atoms with van der Waals surface area (Å²) in [5, 5.41) is 0. The van der Waals surface area contributed by atoms with Crippen molar-refractivity contribution in [2.45, 2.75) is 13.0 Å². The van der Waals surface area contributed by atoms with Gasteiger partial charge in [0.15, 0.2) is 11.9 Å². The first-order valence-electron chi connectivity index (χ1n) is 6.41. The van der Waals surface area contributed by atoms with Crippen LogP contribution in [0.1, 0.15) is 12.5 Å². The molecule has 1 unspecified atom stereocenters. The Kier molecular flexibility index (Phi) is 7.32. The predicted octanol–water partition coefficient (Wildman–Crippen LogP) is 2.70. The molecular formula is C16H18O4S. The van der Waals surface area contributed by atoms with Crippen LogP contribution in [0, 0.1) is 0 Å². The molecule has 21 heavy (non-hydrogen) atoms. The molecule has 0 aliphatic carbocycles. The van der Waals surface area contributed by atoms with Gasteiger partial charge in [-0.15, -0.1) is 0 Å². The summed E-state index contributed by atoms with van der Waals surface area (Å²) in [7, 11) is 1.58. The number of esters is 1. The Morgan fingerprint density at radius 1 is 1.24 bits per heavy atom. The number of carbonyl (C=O) groups is 2. The minimum Gasteiger partial charge on any atom is -0.497 e. The number of benzene rings is 1. The first-order valence-corrected chi connectivity index (χ1v) is 7.04. The maximum Gasteiger partial charge on any atom is 0.331 e. The molecular weight excluding hydrogens is 288 g/mol. The Morgan fingerprint density at radius 2 is 1.90 bits per heavy atom. The van der Waals surface area contributed by atoms with E-state index in [-0.39, 0.29) is 11.5 Å². The van der Waals surface area contributed by atoms with Crippen molar-refractivity contribution in [2.75, 3.05) is 12.9 Å². The number of hydrogen-bond acceptors (Lipinski definition) is 5. The normalized spacial score (nSPS) is 12.5. The van der Waals surface area contributed by atoms with Crippen LogP contribution in [-0.4, -0.2) is 30.7 Å². The minimum absolute atomic E-state index is 0.144. The van der Waals surface area contributed by atoms with E-state index in [2.05, 4.69) is 12.6 Å². The van der Waals surface area contributed by atoms with Gasteiger partial charge in [-0.2, -0.15) is 12.6 Å². The highest BCUT2D eigenvalue weighted by atomic mass is 32.1. The van der Waals surface area contributed by atoms with Gasteiger partial charge >= 0.3 is 5.97 Å². The molecule has 1 atom stereocenters. The molecule has 5 heteroatoms. The van der Waals surface area contributed by atoms with Crippen LogP contribution in [0.25, 0.3) is 6.08 Å². The average Bonchev–Trinajstić information content (AvgIpc) is 2.51. The number of thiol groups is 1. The fourth-order valence-electron chi connectivity index (χ4n) is 1.52. The van der Waals surface area contributed by atoms with Crippen LogP contribution in [0.2, 0.25) is 0 Å². The van der Waals surface area contributed by atoms with Gasteiger partial charge in [0.25, 0.3) is 0 Å².